The van der Waals surface area contributed by atoms with Gasteiger partial charge in [-0.15, -0.1) is 0 Å². The fourth-order valence-corrected chi connectivity index (χ4v) is 4.57. The number of aliphatic hydroxyl groups is 4. The number of methoxy groups -OCH3 is 1. The van der Waals surface area contributed by atoms with Crippen LogP contribution in [0.4, 0.5) is 0 Å². The molecule has 5 atom stereocenters. The Morgan fingerprint density at radius 1 is 0.750 bits per heavy atom. The van der Waals surface area contributed by atoms with Crippen molar-refractivity contribution < 1.29 is 34.7 Å². The molecule has 214 valence electrons. The number of carbonyl (C=O) groups is 1. The summed E-state index contributed by atoms with van der Waals surface area (Å²) < 4.78 is 10.0. The molecule has 0 saturated carbocycles. The topological polar surface area (TPSA) is 116 Å². The lowest BCUT2D eigenvalue weighted by Crippen LogP contribution is -2.35. The van der Waals surface area contributed by atoms with Gasteiger partial charge >= 0.3 is 5.97 Å². The second-order valence-electron chi connectivity index (χ2n) is 11.3. The average molecular weight is 517 g/mol. The largest absolute Gasteiger partial charge is 0.506 e. The average Bonchev–Trinajstić information content (AvgIpc) is 2.82. The van der Waals surface area contributed by atoms with E-state index < -0.39 is 36.3 Å². The Labute approximate surface area is 220 Å². The van der Waals surface area contributed by atoms with Crippen LogP contribution in [0.3, 0.4) is 0 Å². The molecule has 0 aromatic carbocycles. The maximum atomic E-state index is 12.0. The minimum atomic E-state index is -1.36. The van der Waals surface area contributed by atoms with Crippen LogP contribution in [-0.2, 0) is 14.3 Å². The van der Waals surface area contributed by atoms with E-state index >= 15 is 0 Å². The van der Waals surface area contributed by atoms with Crippen molar-refractivity contribution >= 4 is 5.97 Å². The van der Waals surface area contributed by atoms with Gasteiger partial charge in [0.2, 0.25) is 0 Å². The Hall–Kier alpha value is -1.31. The van der Waals surface area contributed by atoms with Crippen LogP contribution >= 0.6 is 0 Å². The van der Waals surface area contributed by atoms with Crippen molar-refractivity contribution in [3.8, 4) is 0 Å². The summed E-state index contributed by atoms with van der Waals surface area (Å²) in [5.74, 6) is 1.19. The molecule has 7 heteroatoms. The summed E-state index contributed by atoms with van der Waals surface area (Å²) in [4.78, 5) is 12.0. The minimum Gasteiger partial charge on any atom is -0.506 e. The van der Waals surface area contributed by atoms with Crippen molar-refractivity contribution in [2.24, 2.45) is 23.7 Å². The lowest BCUT2D eigenvalue weighted by atomic mass is 9.90. The van der Waals surface area contributed by atoms with Crippen molar-refractivity contribution in [3.63, 3.8) is 0 Å². The number of carbonyl (C=O) groups excluding carboxylic acids is 1. The molecule has 0 aromatic rings. The zero-order valence-electron chi connectivity index (χ0n) is 23.9. The van der Waals surface area contributed by atoms with E-state index in [0.717, 1.165) is 30.6 Å². The molecule has 0 heterocycles. The Bertz CT molecular complexity index is 590. The summed E-state index contributed by atoms with van der Waals surface area (Å²) in [6, 6.07) is 0. The number of hydrogen-bond acceptors (Lipinski definition) is 7. The molecule has 0 rings (SSSR count). The van der Waals surface area contributed by atoms with Gasteiger partial charge in [0, 0.05) is 13.5 Å². The zero-order chi connectivity index (χ0) is 27.5. The summed E-state index contributed by atoms with van der Waals surface area (Å²) in [6.45, 7) is 10.4. The molecular weight excluding hydrogens is 460 g/mol. The molecule has 0 amide bonds. The molecule has 0 aliphatic rings. The van der Waals surface area contributed by atoms with Gasteiger partial charge in [0.05, 0.1) is 0 Å². The van der Waals surface area contributed by atoms with Crippen LogP contribution in [0.2, 0.25) is 0 Å². The van der Waals surface area contributed by atoms with Gasteiger partial charge in [-0.3, -0.25) is 4.79 Å². The van der Waals surface area contributed by atoms with E-state index in [1.54, 1.807) is 0 Å². The molecule has 0 bridgehead atoms. The summed E-state index contributed by atoms with van der Waals surface area (Å²) >= 11 is 0. The van der Waals surface area contributed by atoms with Gasteiger partial charge in [0.1, 0.15) is 25.4 Å². The highest BCUT2D eigenvalue weighted by molar-refractivity contribution is 5.69. The monoisotopic (exact) mass is 516 g/mol. The maximum absolute atomic E-state index is 12.0. The second-order valence-corrected chi connectivity index (χ2v) is 11.3. The van der Waals surface area contributed by atoms with Gasteiger partial charge in [0.15, 0.2) is 11.5 Å². The fourth-order valence-electron chi connectivity index (χ4n) is 4.57. The van der Waals surface area contributed by atoms with Gasteiger partial charge in [-0.2, -0.15) is 0 Å². The third kappa shape index (κ3) is 17.2. The smallest absolute Gasteiger partial charge is 0.305 e. The first-order chi connectivity index (χ1) is 17.0. The van der Waals surface area contributed by atoms with Crippen molar-refractivity contribution in [1.29, 1.82) is 0 Å². The van der Waals surface area contributed by atoms with Gasteiger partial charge in [-0.05, 0) is 30.1 Å². The molecule has 7 nitrogen and oxygen atoms in total. The molecule has 0 spiro atoms. The molecule has 5 unspecified atom stereocenters. The third-order valence-electron chi connectivity index (χ3n) is 7.08. The van der Waals surface area contributed by atoms with Crippen LogP contribution in [0.1, 0.15) is 112 Å². The summed E-state index contributed by atoms with van der Waals surface area (Å²) in [7, 11) is 1.23. The van der Waals surface area contributed by atoms with Crippen molar-refractivity contribution in [2.75, 3.05) is 20.3 Å². The molecular formula is C29H56O7. The molecule has 0 fully saturated rings. The maximum Gasteiger partial charge on any atom is 0.305 e. The van der Waals surface area contributed by atoms with E-state index in [1.807, 2.05) is 0 Å². The van der Waals surface area contributed by atoms with Gasteiger partial charge in [-0.1, -0.05) is 98.8 Å². The van der Waals surface area contributed by atoms with E-state index in [2.05, 4.69) is 34.6 Å². The van der Waals surface area contributed by atoms with Crippen LogP contribution in [0.25, 0.3) is 0 Å². The van der Waals surface area contributed by atoms with Crippen LogP contribution in [0, 0.1) is 23.7 Å². The predicted molar refractivity (Wildman–Crippen MR) is 145 cm³/mol. The Balaban J connectivity index is 3.94. The highest BCUT2D eigenvalue weighted by atomic mass is 16.6. The van der Waals surface area contributed by atoms with Gasteiger partial charge < -0.3 is 29.9 Å². The first kappa shape index (κ1) is 34.7. The lowest BCUT2D eigenvalue weighted by molar-refractivity contribution is -0.149. The van der Waals surface area contributed by atoms with Crippen LogP contribution in [0.15, 0.2) is 11.5 Å². The molecule has 36 heavy (non-hydrogen) atoms. The van der Waals surface area contributed by atoms with Crippen molar-refractivity contribution in [3.05, 3.63) is 11.5 Å². The third-order valence-corrected chi connectivity index (χ3v) is 7.08. The quantitative estimate of drug-likeness (QED) is 0.0962. The molecule has 0 aliphatic carbocycles. The second kappa shape index (κ2) is 20.7. The predicted octanol–water partition coefficient (Wildman–Crippen LogP) is 6.47. The van der Waals surface area contributed by atoms with Crippen molar-refractivity contribution in [2.45, 2.75) is 124 Å². The highest BCUT2D eigenvalue weighted by Crippen LogP contribution is 2.23. The highest BCUT2D eigenvalue weighted by Gasteiger charge is 2.27. The number of esters is 1. The first-order valence-corrected chi connectivity index (χ1v) is 14.1. The molecule has 0 aliphatic heterocycles. The Morgan fingerprint density at radius 2 is 1.19 bits per heavy atom. The van der Waals surface area contributed by atoms with E-state index in [0.29, 0.717) is 5.92 Å². The normalized spacial score (nSPS) is 16.8. The van der Waals surface area contributed by atoms with E-state index in [4.69, 9.17) is 14.6 Å². The standard InChI is InChI=1S/C29H56O7/c1-21(2)11-7-12-22(3)13-8-14-23(4)15-9-16-24(5)17-10-18-27(33)36-20-26(32)29(35-6)28(34)25(31)19-30/h21-24,26,29-32,34H,7-20H2,1-6H3/b28-25-. The van der Waals surface area contributed by atoms with Crippen molar-refractivity contribution in [1.82, 2.24) is 0 Å². The number of rotatable bonds is 22. The lowest BCUT2D eigenvalue weighted by Gasteiger charge is -2.21. The number of hydrogen-bond donors (Lipinski definition) is 4. The molecule has 0 aromatic heterocycles. The first-order valence-electron chi connectivity index (χ1n) is 14.1. The fraction of sp³-hybridized carbons (Fsp3) is 0.897. The Morgan fingerprint density at radius 3 is 1.61 bits per heavy atom. The SMILES string of the molecule is COC(/C(O)=C(/O)CO)C(O)COC(=O)CCCC(C)CCCC(C)CCCC(C)CCCC(C)C. The molecule has 0 radical (unpaired) electrons. The van der Waals surface area contributed by atoms with Gasteiger partial charge in [-0.25, -0.2) is 0 Å². The van der Waals surface area contributed by atoms with Crippen LogP contribution in [0.5, 0.6) is 0 Å². The minimum absolute atomic E-state index is 0.268. The molecule has 0 saturated heterocycles. The van der Waals surface area contributed by atoms with Crippen LogP contribution < -0.4 is 0 Å². The number of ether oxygens (including phenoxy) is 2. The number of aliphatic hydroxyl groups excluding tert-OH is 4. The van der Waals surface area contributed by atoms with E-state index in [-0.39, 0.29) is 13.0 Å². The van der Waals surface area contributed by atoms with Crippen LogP contribution in [-0.4, -0.2) is 58.9 Å². The van der Waals surface area contributed by atoms with E-state index in [1.165, 1.54) is 64.9 Å². The summed E-state index contributed by atoms with van der Waals surface area (Å²) in [5, 5.41) is 38.1. The zero-order valence-corrected chi connectivity index (χ0v) is 23.9. The molecule has 4 N–H and O–H groups in total. The summed E-state index contributed by atoms with van der Waals surface area (Å²) in [6.07, 6.45) is 11.0. The van der Waals surface area contributed by atoms with Gasteiger partial charge in [0.25, 0.3) is 0 Å². The Kier molecular flexibility index (Phi) is 20.0. The summed E-state index contributed by atoms with van der Waals surface area (Å²) in [5.41, 5.74) is 0. The van der Waals surface area contributed by atoms with E-state index in [9.17, 15) is 20.1 Å².